The summed E-state index contributed by atoms with van der Waals surface area (Å²) in [6.07, 6.45) is 1.57. The molecular formula is C14H24N2O. The van der Waals surface area contributed by atoms with Crippen LogP contribution in [0.1, 0.15) is 70.8 Å². The Morgan fingerprint density at radius 3 is 2.35 bits per heavy atom. The third kappa shape index (κ3) is 2.39. The maximum absolute atomic E-state index is 9.45. The molecule has 1 aromatic rings. The fraction of sp³-hybridized carbons (Fsp3) is 0.786. The van der Waals surface area contributed by atoms with Crippen molar-refractivity contribution in [3.05, 3.63) is 17.5 Å². The second kappa shape index (κ2) is 4.13. The molecule has 0 aliphatic heterocycles. The Kier molecular flexibility index (Phi) is 3.06. The first-order valence-electron chi connectivity index (χ1n) is 6.57. The topological polar surface area (TPSA) is 38.0 Å². The number of aromatic nitrogens is 2. The van der Waals surface area contributed by atoms with Gasteiger partial charge in [-0.05, 0) is 24.8 Å². The molecule has 1 aliphatic carbocycles. The van der Waals surface area contributed by atoms with E-state index in [9.17, 15) is 5.11 Å². The van der Waals surface area contributed by atoms with E-state index in [0.717, 1.165) is 18.5 Å². The molecule has 2 rings (SSSR count). The first-order chi connectivity index (χ1) is 7.79. The van der Waals surface area contributed by atoms with Crippen LogP contribution in [-0.2, 0) is 5.41 Å². The van der Waals surface area contributed by atoms with Crippen molar-refractivity contribution in [2.75, 3.05) is 0 Å². The van der Waals surface area contributed by atoms with Gasteiger partial charge in [0.15, 0.2) is 0 Å². The minimum absolute atomic E-state index is 0.112. The third-order valence-corrected chi connectivity index (χ3v) is 3.55. The zero-order valence-electron chi connectivity index (χ0n) is 11.6. The van der Waals surface area contributed by atoms with Gasteiger partial charge in [-0.2, -0.15) is 5.10 Å². The van der Waals surface area contributed by atoms with Crippen LogP contribution in [0.3, 0.4) is 0 Å². The Bertz CT molecular complexity index is 395. The molecule has 1 heterocycles. The summed E-state index contributed by atoms with van der Waals surface area (Å²) >= 11 is 0. The predicted molar refractivity (Wildman–Crippen MR) is 69.3 cm³/mol. The van der Waals surface area contributed by atoms with Crippen LogP contribution in [0.2, 0.25) is 0 Å². The lowest BCUT2D eigenvalue weighted by Gasteiger charge is -2.34. The van der Waals surface area contributed by atoms with Gasteiger partial charge >= 0.3 is 0 Å². The molecule has 0 bridgehead atoms. The van der Waals surface area contributed by atoms with Gasteiger partial charge in [0.05, 0.1) is 17.8 Å². The summed E-state index contributed by atoms with van der Waals surface area (Å²) in [5.74, 6) is 0.461. The number of hydrogen-bond acceptors (Lipinski definition) is 2. The van der Waals surface area contributed by atoms with Crippen molar-refractivity contribution >= 4 is 0 Å². The van der Waals surface area contributed by atoms with Gasteiger partial charge in [0.25, 0.3) is 0 Å². The van der Waals surface area contributed by atoms with Crippen molar-refractivity contribution in [2.45, 2.75) is 70.9 Å². The molecule has 1 saturated carbocycles. The number of nitrogens with zero attached hydrogens (tertiary/aromatic N) is 2. The minimum Gasteiger partial charge on any atom is -0.393 e. The highest BCUT2D eigenvalue weighted by atomic mass is 16.3. The van der Waals surface area contributed by atoms with Crippen LogP contribution in [0.4, 0.5) is 0 Å². The molecule has 0 aromatic carbocycles. The molecule has 1 fully saturated rings. The molecule has 17 heavy (non-hydrogen) atoms. The average molecular weight is 236 g/mol. The molecule has 1 aromatic heterocycles. The molecule has 3 heteroatoms. The summed E-state index contributed by atoms with van der Waals surface area (Å²) in [4.78, 5) is 0. The average Bonchev–Trinajstić information content (AvgIpc) is 2.56. The minimum atomic E-state index is -0.125. The number of aliphatic hydroxyl groups is 1. The van der Waals surface area contributed by atoms with Gasteiger partial charge < -0.3 is 5.11 Å². The lowest BCUT2D eigenvalue weighted by molar-refractivity contribution is 0.0408. The maximum Gasteiger partial charge on any atom is 0.0653 e. The monoisotopic (exact) mass is 236 g/mol. The Labute approximate surface area is 104 Å². The second-order valence-corrected chi connectivity index (χ2v) is 6.58. The molecule has 0 unspecified atom stereocenters. The molecule has 0 spiro atoms. The predicted octanol–water partition coefficient (Wildman–Crippen LogP) is 3.00. The smallest absolute Gasteiger partial charge is 0.0653 e. The molecule has 0 amide bonds. The van der Waals surface area contributed by atoms with E-state index >= 15 is 0 Å². The van der Waals surface area contributed by atoms with E-state index in [1.165, 1.54) is 5.69 Å². The fourth-order valence-corrected chi connectivity index (χ4v) is 2.29. The Morgan fingerprint density at radius 1 is 1.35 bits per heavy atom. The standard InChI is InChI=1S/C14H24N2O/c1-9(2)12-8-13(14(3,4)5)16(15-12)10-6-11(17)7-10/h8-11,17H,6-7H2,1-5H3. The lowest BCUT2D eigenvalue weighted by Crippen LogP contribution is -2.34. The van der Waals surface area contributed by atoms with E-state index in [-0.39, 0.29) is 11.5 Å². The molecule has 0 saturated heterocycles. The van der Waals surface area contributed by atoms with E-state index in [4.69, 9.17) is 5.10 Å². The molecule has 0 radical (unpaired) electrons. The third-order valence-electron chi connectivity index (χ3n) is 3.55. The molecule has 1 aliphatic rings. The first kappa shape index (κ1) is 12.6. The summed E-state index contributed by atoms with van der Waals surface area (Å²) < 4.78 is 2.15. The largest absolute Gasteiger partial charge is 0.393 e. The molecular weight excluding hydrogens is 212 g/mol. The van der Waals surface area contributed by atoms with Gasteiger partial charge in [0, 0.05) is 11.1 Å². The van der Waals surface area contributed by atoms with Crippen molar-refractivity contribution in [3.63, 3.8) is 0 Å². The Balaban J connectivity index is 2.35. The van der Waals surface area contributed by atoms with Crippen LogP contribution in [0.25, 0.3) is 0 Å². The highest BCUT2D eigenvalue weighted by Crippen LogP contribution is 2.36. The summed E-state index contributed by atoms with van der Waals surface area (Å²) in [6.45, 7) is 11.0. The van der Waals surface area contributed by atoms with E-state index < -0.39 is 0 Å². The molecule has 1 N–H and O–H groups in total. The maximum atomic E-state index is 9.45. The highest BCUT2D eigenvalue weighted by Gasteiger charge is 2.33. The van der Waals surface area contributed by atoms with Gasteiger partial charge in [0.1, 0.15) is 0 Å². The van der Waals surface area contributed by atoms with Crippen LogP contribution in [-0.4, -0.2) is 21.0 Å². The van der Waals surface area contributed by atoms with E-state index in [1.807, 2.05) is 0 Å². The van der Waals surface area contributed by atoms with Crippen molar-refractivity contribution in [1.29, 1.82) is 0 Å². The van der Waals surface area contributed by atoms with Crippen molar-refractivity contribution in [3.8, 4) is 0 Å². The SMILES string of the molecule is CC(C)c1cc(C(C)(C)C)n(C2CC(O)C2)n1. The fourth-order valence-electron chi connectivity index (χ4n) is 2.29. The van der Waals surface area contributed by atoms with Crippen molar-refractivity contribution < 1.29 is 5.11 Å². The van der Waals surface area contributed by atoms with Crippen molar-refractivity contribution in [2.24, 2.45) is 0 Å². The molecule has 96 valence electrons. The zero-order chi connectivity index (χ0) is 12.8. The van der Waals surface area contributed by atoms with E-state index in [1.54, 1.807) is 0 Å². The zero-order valence-corrected chi connectivity index (χ0v) is 11.6. The van der Waals surface area contributed by atoms with Gasteiger partial charge in [-0.15, -0.1) is 0 Å². The second-order valence-electron chi connectivity index (χ2n) is 6.58. The lowest BCUT2D eigenvalue weighted by atomic mass is 9.86. The normalized spacial score (nSPS) is 25.1. The van der Waals surface area contributed by atoms with E-state index in [2.05, 4.69) is 45.4 Å². The summed E-state index contributed by atoms with van der Waals surface area (Å²) in [5, 5.41) is 14.2. The molecule has 3 nitrogen and oxygen atoms in total. The van der Waals surface area contributed by atoms with Crippen LogP contribution < -0.4 is 0 Å². The van der Waals surface area contributed by atoms with Gasteiger partial charge in [-0.1, -0.05) is 34.6 Å². The van der Waals surface area contributed by atoms with Gasteiger partial charge in [-0.3, -0.25) is 4.68 Å². The first-order valence-corrected chi connectivity index (χ1v) is 6.57. The van der Waals surface area contributed by atoms with Crippen LogP contribution in [0, 0.1) is 0 Å². The van der Waals surface area contributed by atoms with Crippen molar-refractivity contribution in [1.82, 2.24) is 9.78 Å². The Morgan fingerprint density at radius 2 is 1.94 bits per heavy atom. The highest BCUT2D eigenvalue weighted by molar-refractivity contribution is 5.21. The van der Waals surface area contributed by atoms with Crippen LogP contribution >= 0.6 is 0 Å². The van der Waals surface area contributed by atoms with Gasteiger partial charge in [-0.25, -0.2) is 0 Å². The Hall–Kier alpha value is -0.830. The number of aliphatic hydroxyl groups excluding tert-OH is 1. The molecule has 0 atom stereocenters. The number of rotatable bonds is 2. The van der Waals surface area contributed by atoms with Crippen LogP contribution in [0.5, 0.6) is 0 Å². The quantitative estimate of drug-likeness (QED) is 0.857. The summed E-state index contributed by atoms with van der Waals surface area (Å²) in [5.41, 5.74) is 2.56. The summed E-state index contributed by atoms with van der Waals surface area (Å²) in [7, 11) is 0. The van der Waals surface area contributed by atoms with Crippen LogP contribution in [0.15, 0.2) is 6.07 Å². The van der Waals surface area contributed by atoms with E-state index in [0.29, 0.717) is 12.0 Å². The number of hydrogen-bond donors (Lipinski definition) is 1. The van der Waals surface area contributed by atoms with Gasteiger partial charge in [0.2, 0.25) is 0 Å². The summed E-state index contributed by atoms with van der Waals surface area (Å²) in [6, 6.07) is 2.63.